The minimum Gasteiger partial charge on any atom is -0.103 e. The van der Waals surface area contributed by atoms with Crippen molar-refractivity contribution in [3.63, 3.8) is 0 Å². The first-order valence-electron chi connectivity index (χ1n) is 7.96. The first-order valence-corrected chi connectivity index (χ1v) is 7.96. The molecular formula is C17H36V3. The van der Waals surface area contributed by atoms with Gasteiger partial charge in [0.2, 0.25) is 0 Å². The summed E-state index contributed by atoms with van der Waals surface area (Å²) in [4.78, 5) is 0. The van der Waals surface area contributed by atoms with Crippen LogP contribution in [0.3, 0.4) is 0 Å². The van der Waals surface area contributed by atoms with Gasteiger partial charge in [-0.05, 0) is 62.2 Å². The van der Waals surface area contributed by atoms with Crippen LogP contribution in [0.2, 0.25) is 0 Å². The summed E-state index contributed by atoms with van der Waals surface area (Å²) in [5.74, 6) is 4.05. The van der Waals surface area contributed by atoms with Crippen LogP contribution in [0.1, 0.15) is 75.4 Å². The molecule has 3 radical (unpaired) electrons. The van der Waals surface area contributed by atoms with E-state index in [0.29, 0.717) is 0 Å². The topological polar surface area (TPSA) is 0 Å². The van der Waals surface area contributed by atoms with E-state index in [2.05, 4.69) is 19.6 Å². The predicted molar refractivity (Wildman–Crippen MR) is 82.3 cm³/mol. The fraction of sp³-hybridized carbons (Fsp3) is 0.882. The maximum atomic E-state index is 3.95. The van der Waals surface area contributed by atoms with E-state index in [-0.39, 0.29) is 59.9 Å². The van der Waals surface area contributed by atoms with Crippen molar-refractivity contribution in [3.8, 4) is 0 Å². The van der Waals surface area contributed by atoms with Gasteiger partial charge in [-0.1, -0.05) is 38.7 Å². The second kappa shape index (κ2) is 13.0. The fourth-order valence-corrected chi connectivity index (χ4v) is 4.21. The van der Waals surface area contributed by atoms with Gasteiger partial charge in [0.25, 0.3) is 0 Å². The molecular weight excluding hydrogens is 357 g/mol. The Morgan fingerprint density at radius 1 is 0.850 bits per heavy atom. The van der Waals surface area contributed by atoms with E-state index in [0.717, 1.165) is 23.7 Å². The Balaban J connectivity index is -0.000000180. The Morgan fingerprint density at radius 2 is 1.30 bits per heavy atom. The smallest absolute Gasteiger partial charge is 0 e. The molecule has 0 aromatic rings. The second-order valence-corrected chi connectivity index (χ2v) is 6.48. The SMILES string of the molecule is C=CC1CCC(C2CCC(CCC)CC2)CC1.[HH].[HH].[HH].[V].[V].[V]. The van der Waals surface area contributed by atoms with Crippen molar-refractivity contribution in [1.29, 1.82) is 0 Å². The summed E-state index contributed by atoms with van der Waals surface area (Å²) in [6.07, 6.45) is 17.0. The zero-order valence-corrected chi connectivity index (χ0v) is 17.2. The summed E-state index contributed by atoms with van der Waals surface area (Å²) in [5, 5.41) is 0. The number of rotatable bonds is 4. The number of hydrogen-bond acceptors (Lipinski definition) is 0. The fourth-order valence-electron chi connectivity index (χ4n) is 4.21. The van der Waals surface area contributed by atoms with E-state index in [9.17, 15) is 0 Å². The van der Waals surface area contributed by atoms with Crippen LogP contribution >= 0.6 is 0 Å². The van der Waals surface area contributed by atoms with Gasteiger partial charge >= 0.3 is 0 Å². The summed E-state index contributed by atoms with van der Waals surface area (Å²) < 4.78 is 0. The van der Waals surface area contributed by atoms with Crippen LogP contribution in [0.4, 0.5) is 0 Å². The van der Waals surface area contributed by atoms with Crippen molar-refractivity contribution in [2.75, 3.05) is 0 Å². The molecule has 0 aliphatic heterocycles. The molecule has 119 valence electrons. The van der Waals surface area contributed by atoms with Gasteiger partial charge in [-0.15, -0.1) is 6.58 Å². The minimum absolute atomic E-state index is 0. The van der Waals surface area contributed by atoms with E-state index < -0.39 is 0 Å². The summed E-state index contributed by atoms with van der Waals surface area (Å²) in [6.45, 7) is 6.29. The van der Waals surface area contributed by atoms with Crippen LogP contribution in [0.5, 0.6) is 0 Å². The summed E-state index contributed by atoms with van der Waals surface area (Å²) in [6, 6.07) is 0. The predicted octanol–water partition coefficient (Wildman–Crippen LogP) is 6.32. The molecule has 3 heteroatoms. The quantitative estimate of drug-likeness (QED) is 0.491. The standard InChI is InChI=1S/C17H30.3V.3H2/c1-3-5-15-8-12-17(13-9-15)16-10-6-14(4-2)7-11-16;;;;;;/h4,14-17H,2-3,5-13H2,1H3;;;;3*1H. The van der Waals surface area contributed by atoms with E-state index in [1.807, 2.05) is 0 Å². The van der Waals surface area contributed by atoms with Crippen molar-refractivity contribution in [2.45, 2.75) is 71.1 Å². The molecule has 0 bridgehead atoms. The monoisotopic (exact) mass is 393 g/mol. The van der Waals surface area contributed by atoms with Gasteiger partial charge in [-0.3, -0.25) is 0 Å². The molecule has 0 nitrogen and oxygen atoms in total. The Kier molecular flexibility index (Phi) is 15.4. The molecule has 2 aliphatic rings. The van der Waals surface area contributed by atoms with Crippen molar-refractivity contribution in [2.24, 2.45) is 23.7 Å². The largest absolute Gasteiger partial charge is 0.103 e. The molecule has 0 amide bonds. The van der Waals surface area contributed by atoms with Gasteiger partial charge < -0.3 is 0 Å². The summed E-state index contributed by atoms with van der Waals surface area (Å²) in [5.41, 5.74) is 0. The molecule has 0 spiro atoms. The Bertz CT molecular complexity index is 239. The van der Waals surface area contributed by atoms with Crippen molar-refractivity contribution >= 4 is 0 Å². The van der Waals surface area contributed by atoms with Gasteiger partial charge in [0.1, 0.15) is 0 Å². The molecule has 0 saturated heterocycles. The minimum atomic E-state index is 0. The van der Waals surface area contributed by atoms with Gasteiger partial charge in [0.05, 0.1) is 0 Å². The number of hydrogen-bond donors (Lipinski definition) is 0. The van der Waals surface area contributed by atoms with Crippen LogP contribution in [0.15, 0.2) is 12.7 Å². The summed E-state index contributed by atoms with van der Waals surface area (Å²) >= 11 is 0. The molecule has 0 aromatic heterocycles. The normalized spacial score (nSPS) is 33.0. The third-order valence-corrected chi connectivity index (χ3v) is 5.40. The Morgan fingerprint density at radius 3 is 1.70 bits per heavy atom. The molecule has 0 atom stereocenters. The Labute approximate surface area is 166 Å². The van der Waals surface area contributed by atoms with E-state index >= 15 is 0 Å². The molecule has 2 saturated carbocycles. The molecule has 2 fully saturated rings. The average Bonchev–Trinajstić information content (AvgIpc) is 2.40. The van der Waals surface area contributed by atoms with Crippen molar-refractivity contribution in [3.05, 3.63) is 12.7 Å². The maximum absolute atomic E-state index is 3.95. The second-order valence-electron chi connectivity index (χ2n) is 6.48. The van der Waals surface area contributed by atoms with Crippen LogP contribution in [-0.2, 0) is 55.7 Å². The van der Waals surface area contributed by atoms with Gasteiger partial charge in [-0.2, -0.15) is 0 Å². The number of allylic oxidation sites excluding steroid dienone is 1. The van der Waals surface area contributed by atoms with Crippen LogP contribution in [-0.4, -0.2) is 0 Å². The molecule has 0 heterocycles. The third-order valence-electron chi connectivity index (χ3n) is 5.40. The van der Waals surface area contributed by atoms with Crippen LogP contribution in [0, 0.1) is 23.7 Å². The zero-order chi connectivity index (χ0) is 12.1. The molecule has 0 N–H and O–H groups in total. The molecule has 20 heavy (non-hydrogen) atoms. The first-order chi connectivity index (χ1) is 8.33. The van der Waals surface area contributed by atoms with E-state index in [1.54, 1.807) is 0 Å². The first kappa shape index (κ1) is 23.8. The van der Waals surface area contributed by atoms with E-state index in [4.69, 9.17) is 0 Å². The van der Waals surface area contributed by atoms with Crippen LogP contribution in [0.25, 0.3) is 0 Å². The van der Waals surface area contributed by atoms with Crippen molar-refractivity contribution in [1.82, 2.24) is 0 Å². The Hall–Kier alpha value is 1.49. The van der Waals surface area contributed by atoms with Crippen LogP contribution < -0.4 is 0 Å². The van der Waals surface area contributed by atoms with Gasteiger partial charge in [0, 0.05) is 59.9 Å². The zero-order valence-electron chi connectivity index (χ0n) is 13.0. The van der Waals surface area contributed by atoms with Gasteiger partial charge in [0.15, 0.2) is 0 Å². The third kappa shape index (κ3) is 7.17. The van der Waals surface area contributed by atoms with Gasteiger partial charge in [-0.25, -0.2) is 0 Å². The maximum Gasteiger partial charge on any atom is 0 e. The van der Waals surface area contributed by atoms with E-state index in [1.165, 1.54) is 64.2 Å². The molecule has 2 rings (SSSR count). The molecule has 0 aromatic carbocycles. The molecule has 0 unspecified atom stereocenters. The molecule has 2 aliphatic carbocycles. The van der Waals surface area contributed by atoms with Crippen molar-refractivity contribution < 1.29 is 59.9 Å². The average molecular weight is 393 g/mol. The summed E-state index contributed by atoms with van der Waals surface area (Å²) in [7, 11) is 0.